The van der Waals surface area contributed by atoms with E-state index in [1.807, 2.05) is 31.2 Å². The summed E-state index contributed by atoms with van der Waals surface area (Å²) in [5.41, 5.74) is 7.48. The molecule has 3 N–H and O–H groups in total. The van der Waals surface area contributed by atoms with Gasteiger partial charge in [-0.2, -0.15) is 4.98 Å². The summed E-state index contributed by atoms with van der Waals surface area (Å²) in [4.78, 5) is 15.5. The number of rotatable bonds is 5. The lowest BCUT2D eigenvalue weighted by Crippen LogP contribution is -2.23. The van der Waals surface area contributed by atoms with Gasteiger partial charge < -0.3 is 15.6 Å². The maximum absolute atomic E-state index is 11.5. The topological polar surface area (TPSA) is 94.0 Å². The van der Waals surface area contributed by atoms with Crippen LogP contribution in [0.3, 0.4) is 0 Å². The number of carbonyl (C=O) groups excluding carboxylic acids is 1. The smallest absolute Gasteiger partial charge is 0.292 e. The Morgan fingerprint density at radius 3 is 2.74 bits per heavy atom. The molecule has 0 aliphatic heterocycles. The van der Waals surface area contributed by atoms with E-state index in [1.165, 1.54) is 0 Å². The van der Waals surface area contributed by atoms with Crippen LogP contribution in [0.15, 0.2) is 28.8 Å². The van der Waals surface area contributed by atoms with Crippen molar-refractivity contribution in [2.24, 2.45) is 0 Å². The number of amides is 1. The molecule has 0 atom stereocenters. The molecule has 0 unspecified atom stereocenters. The first-order valence-corrected chi connectivity index (χ1v) is 6.14. The number of benzene rings is 1. The van der Waals surface area contributed by atoms with E-state index in [9.17, 15) is 4.79 Å². The average Bonchev–Trinajstić information content (AvgIpc) is 2.87. The van der Waals surface area contributed by atoms with E-state index in [1.54, 1.807) is 0 Å². The van der Waals surface area contributed by atoms with Crippen molar-refractivity contribution >= 4 is 11.6 Å². The molecule has 0 aliphatic rings. The van der Waals surface area contributed by atoms with Crippen LogP contribution in [0.4, 0.5) is 5.69 Å². The number of nitrogens with one attached hydrogen (secondary N) is 1. The van der Waals surface area contributed by atoms with Crippen LogP contribution in [0.2, 0.25) is 0 Å². The number of anilines is 1. The van der Waals surface area contributed by atoms with Crippen LogP contribution in [0.5, 0.6) is 0 Å². The molecule has 0 saturated carbocycles. The Morgan fingerprint density at radius 1 is 1.32 bits per heavy atom. The Kier molecular flexibility index (Phi) is 4.12. The average molecular weight is 260 g/mol. The van der Waals surface area contributed by atoms with E-state index in [-0.39, 0.29) is 11.7 Å². The predicted molar refractivity (Wildman–Crippen MR) is 70.6 cm³/mol. The van der Waals surface area contributed by atoms with Gasteiger partial charge in [0.05, 0.1) is 0 Å². The van der Waals surface area contributed by atoms with Crippen molar-refractivity contribution in [1.29, 1.82) is 0 Å². The molecular formula is C13H16N4O2. The number of nitrogens with two attached hydrogens (primary N) is 1. The number of nitrogens with zero attached hydrogens (tertiary/aromatic N) is 2. The zero-order valence-corrected chi connectivity index (χ0v) is 10.7. The van der Waals surface area contributed by atoms with Crippen LogP contribution < -0.4 is 11.1 Å². The van der Waals surface area contributed by atoms with Crippen molar-refractivity contribution in [2.45, 2.75) is 19.8 Å². The Labute approximate surface area is 111 Å². The second-order valence-corrected chi connectivity index (χ2v) is 4.11. The molecule has 1 aromatic carbocycles. The number of aryl methyl sites for hydroxylation is 2. The fraction of sp³-hybridized carbons (Fsp3) is 0.308. The number of hydrogen-bond acceptors (Lipinski definition) is 5. The Morgan fingerprint density at radius 2 is 2.05 bits per heavy atom. The molecule has 0 radical (unpaired) electrons. The molecule has 0 saturated heterocycles. The summed E-state index contributed by atoms with van der Waals surface area (Å²) >= 11 is 0. The van der Waals surface area contributed by atoms with Crippen molar-refractivity contribution in [1.82, 2.24) is 15.5 Å². The Hall–Kier alpha value is -2.37. The number of hydrogen-bond donors (Lipinski definition) is 2. The molecular weight excluding hydrogens is 244 g/mol. The maximum atomic E-state index is 11.5. The predicted octanol–water partition coefficient (Wildman–Crippen LogP) is 1.19. The number of nitrogen functional groups attached to an aromatic ring is 1. The van der Waals surface area contributed by atoms with E-state index in [4.69, 9.17) is 10.3 Å². The van der Waals surface area contributed by atoms with Gasteiger partial charge in [-0.1, -0.05) is 17.3 Å². The lowest BCUT2D eigenvalue weighted by atomic mass is 10.1. The van der Waals surface area contributed by atoms with Gasteiger partial charge in [-0.05, 0) is 31.0 Å². The first kappa shape index (κ1) is 13.1. The summed E-state index contributed by atoms with van der Waals surface area (Å²) in [6, 6.07) is 7.61. The highest BCUT2D eigenvalue weighted by Gasteiger charge is 2.13. The highest BCUT2D eigenvalue weighted by Crippen LogP contribution is 2.09. The minimum Gasteiger partial charge on any atom is -0.399 e. The van der Waals surface area contributed by atoms with Gasteiger partial charge in [0, 0.05) is 18.7 Å². The third-order valence-corrected chi connectivity index (χ3v) is 2.62. The minimum atomic E-state index is -0.315. The van der Waals surface area contributed by atoms with Gasteiger partial charge in [0.1, 0.15) is 0 Å². The zero-order chi connectivity index (χ0) is 13.7. The van der Waals surface area contributed by atoms with Crippen LogP contribution in [-0.4, -0.2) is 22.6 Å². The second kappa shape index (κ2) is 5.99. The summed E-state index contributed by atoms with van der Waals surface area (Å²) in [5, 5.41) is 6.26. The van der Waals surface area contributed by atoms with Gasteiger partial charge in [-0.15, -0.1) is 0 Å². The van der Waals surface area contributed by atoms with Gasteiger partial charge >= 0.3 is 0 Å². The minimum absolute atomic E-state index is 0.0779. The van der Waals surface area contributed by atoms with Crippen LogP contribution >= 0.6 is 0 Å². The van der Waals surface area contributed by atoms with Crippen molar-refractivity contribution < 1.29 is 9.32 Å². The molecule has 2 aromatic rings. The molecule has 2 rings (SSSR count). The lowest BCUT2D eigenvalue weighted by molar-refractivity contribution is 0.0942. The third kappa shape index (κ3) is 3.54. The fourth-order valence-electron chi connectivity index (χ4n) is 1.62. The van der Waals surface area contributed by atoms with Crippen LogP contribution in [0, 0.1) is 0 Å². The van der Waals surface area contributed by atoms with E-state index in [0.717, 1.165) is 17.7 Å². The molecule has 1 aromatic heterocycles. The van der Waals surface area contributed by atoms with E-state index >= 15 is 0 Å². The largest absolute Gasteiger partial charge is 0.399 e. The van der Waals surface area contributed by atoms with Crippen LogP contribution in [0.1, 0.15) is 29.0 Å². The Balaban J connectivity index is 1.93. The molecule has 0 spiro atoms. The van der Waals surface area contributed by atoms with Gasteiger partial charge in [0.2, 0.25) is 5.89 Å². The number of carbonyl (C=O) groups is 1. The van der Waals surface area contributed by atoms with E-state index in [2.05, 4.69) is 15.5 Å². The van der Waals surface area contributed by atoms with Crippen LogP contribution in [-0.2, 0) is 12.8 Å². The molecule has 1 heterocycles. The van der Waals surface area contributed by atoms with E-state index < -0.39 is 0 Å². The summed E-state index contributed by atoms with van der Waals surface area (Å²) < 4.78 is 5.03. The molecule has 6 heteroatoms. The zero-order valence-electron chi connectivity index (χ0n) is 10.7. The van der Waals surface area contributed by atoms with Crippen LogP contribution in [0.25, 0.3) is 0 Å². The molecule has 6 nitrogen and oxygen atoms in total. The van der Waals surface area contributed by atoms with Gasteiger partial charge in [-0.3, -0.25) is 4.79 Å². The third-order valence-electron chi connectivity index (χ3n) is 2.62. The SMILES string of the molecule is CCNC(=O)c1noc(CCc2ccc(N)cc2)n1. The second-order valence-electron chi connectivity index (χ2n) is 4.11. The standard InChI is InChI=1S/C13H16N4O2/c1-2-15-13(18)12-16-11(19-17-12)8-5-9-3-6-10(14)7-4-9/h3-4,6-7H,2,5,8,14H2,1H3,(H,15,18). The summed E-state index contributed by atoms with van der Waals surface area (Å²) in [6.45, 7) is 2.37. The first-order valence-electron chi connectivity index (χ1n) is 6.14. The fourth-order valence-corrected chi connectivity index (χ4v) is 1.62. The Bertz CT molecular complexity index is 548. The quantitative estimate of drug-likeness (QED) is 0.787. The molecule has 1 amide bonds. The normalized spacial score (nSPS) is 10.4. The molecule has 19 heavy (non-hydrogen) atoms. The summed E-state index contributed by atoms with van der Waals surface area (Å²) in [7, 11) is 0. The summed E-state index contributed by atoms with van der Waals surface area (Å²) in [6.07, 6.45) is 1.35. The van der Waals surface area contributed by atoms with Crippen molar-refractivity contribution in [3.05, 3.63) is 41.5 Å². The van der Waals surface area contributed by atoms with Gasteiger partial charge in [-0.25, -0.2) is 0 Å². The summed E-state index contributed by atoms with van der Waals surface area (Å²) in [5.74, 6) is 0.220. The van der Waals surface area contributed by atoms with Crippen molar-refractivity contribution in [3.8, 4) is 0 Å². The highest BCUT2D eigenvalue weighted by atomic mass is 16.5. The molecule has 0 aliphatic carbocycles. The van der Waals surface area contributed by atoms with Crippen molar-refractivity contribution in [2.75, 3.05) is 12.3 Å². The van der Waals surface area contributed by atoms with E-state index in [0.29, 0.717) is 18.9 Å². The van der Waals surface area contributed by atoms with Gasteiger partial charge in [0.15, 0.2) is 0 Å². The van der Waals surface area contributed by atoms with Crippen molar-refractivity contribution in [3.63, 3.8) is 0 Å². The highest BCUT2D eigenvalue weighted by molar-refractivity contribution is 5.90. The molecule has 0 fully saturated rings. The lowest BCUT2D eigenvalue weighted by Gasteiger charge is -1.98. The first-order chi connectivity index (χ1) is 9.19. The van der Waals surface area contributed by atoms with Gasteiger partial charge in [0.25, 0.3) is 11.7 Å². The monoisotopic (exact) mass is 260 g/mol. The number of aromatic nitrogens is 2. The molecule has 100 valence electrons. The maximum Gasteiger partial charge on any atom is 0.292 e. The molecule has 0 bridgehead atoms.